The molecule has 1 aromatic carbocycles. The Morgan fingerprint density at radius 3 is 2.90 bits per heavy atom. The maximum absolute atomic E-state index is 13.8. The van der Waals surface area contributed by atoms with Gasteiger partial charge in [-0.3, -0.25) is 4.90 Å². The molecule has 1 fully saturated rings. The third-order valence-corrected chi connectivity index (χ3v) is 4.15. The quantitative estimate of drug-likeness (QED) is 0.891. The molecule has 0 saturated carbocycles. The molecule has 0 aliphatic carbocycles. The lowest BCUT2D eigenvalue weighted by Crippen LogP contribution is -2.50. The van der Waals surface area contributed by atoms with Gasteiger partial charge < -0.3 is 5.32 Å². The zero-order chi connectivity index (χ0) is 14.5. The highest BCUT2D eigenvalue weighted by molar-refractivity contribution is 5.19. The van der Waals surface area contributed by atoms with Crippen molar-refractivity contribution in [2.75, 3.05) is 13.1 Å². The molecule has 4 heteroatoms. The number of hydrogen-bond donors (Lipinski definition) is 1. The SMILES string of the molecule is CCNC(C)C1CCCCN1Cc1cc(F)ccc1F. The summed E-state index contributed by atoms with van der Waals surface area (Å²) in [5.41, 5.74) is 0.459. The average Bonchev–Trinajstić information content (AvgIpc) is 2.44. The van der Waals surface area contributed by atoms with Crippen molar-refractivity contribution in [3.63, 3.8) is 0 Å². The van der Waals surface area contributed by atoms with E-state index in [1.54, 1.807) is 0 Å². The number of nitrogens with zero attached hydrogens (tertiary/aromatic N) is 1. The molecule has 2 atom stereocenters. The first-order valence-corrected chi connectivity index (χ1v) is 7.53. The van der Waals surface area contributed by atoms with Crippen LogP contribution in [0.3, 0.4) is 0 Å². The molecular formula is C16H24F2N2. The minimum atomic E-state index is -0.366. The third-order valence-electron chi connectivity index (χ3n) is 4.15. The van der Waals surface area contributed by atoms with Crippen molar-refractivity contribution in [3.8, 4) is 0 Å². The molecule has 1 heterocycles. The van der Waals surface area contributed by atoms with Crippen LogP contribution >= 0.6 is 0 Å². The van der Waals surface area contributed by atoms with Crippen molar-refractivity contribution in [2.24, 2.45) is 0 Å². The lowest BCUT2D eigenvalue weighted by molar-refractivity contribution is 0.111. The van der Waals surface area contributed by atoms with Crippen LogP contribution in [0.5, 0.6) is 0 Å². The number of piperidine rings is 1. The first-order valence-electron chi connectivity index (χ1n) is 7.53. The minimum Gasteiger partial charge on any atom is -0.313 e. The van der Waals surface area contributed by atoms with Gasteiger partial charge in [-0.15, -0.1) is 0 Å². The van der Waals surface area contributed by atoms with Crippen LogP contribution in [0.1, 0.15) is 38.7 Å². The number of likely N-dealkylation sites (N-methyl/N-ethyl adjacent to an activating group) is 1. The molecule has 1 aliphatic rings. The lowest BCUT2D eigenvalue weighted by atomic mass is 9.95. The summed E-state index contributed by atoms with van der Waals surface area (Å²) in [6, 6.07) is 4.48. The molecular weight excluding hydrogens is 258 g/mol. The zero-order valence-electron chi connectivity index (χ0n) is 12.3. The second-order valence-corrected chi connectivity index (χ2v) is 5.62. The first-order chi connectivity index (χ1) is 9.61. The van der Waals surface area contributed by atoms with Gasteiger partial charge in [-0.05, 0) is 51.1 Å². The molecule has 2 unspecified atom stereocenters. The predicted molar refractivity (Wildman–Crippen MR) is 77.5 cm³/mol. The summed E-state index contributed by atoms with van der Waals surface area (Å²) in [5.74, 6) is -0.679. The molecule has 112 valence electrons. The largest absolute Gasteiger partial charge is 0.313 e. The fourth-order valence-electron chi connectivity index (χ4n) is 3.12. The summed E-state index contributed by atoms with van der Waals surface area (Å²) in [7, 11) is 0. The number of benzene rings is 1. The van der Waals surface area contributed by atoms with E-state index in [0.29, 0.717) is 24.2 Å². The van der Waals surface area contributed by atoms with Crippen LogP contribution < -0.4 is 5.32 Å². The lowest BCUT2D eigenvalue weighted by Gasteiger charge is -2.39. The molecule has 1 aliphatic heterocycles. The molecule has 0 aromatic heterocycles. The van der Waals surface area contributed by atoms with E-state index in [2.05, 4.69) is 24.1 Å². The summed E-state index contributed by atoms with van der Waals surface area (Å²) >= 11 is 0. The van der Waals surface area contributed by atoms with Crippen molar-refractivity contribution in [1.29, 1.82) is 0 Å². The molecule has 0 amide bonds. The number of rotatable bonds is 5. The van der Waals surface area contributed by atoms with Crippen molar-refractivity contribution >= 4 is 0 Å². The first kappa shape index (κ1) is 15.4. The van der Waals surface area contributed by atoms with Crippen LogP contribution in [-0.2, 0) is 6.54 Å². The summed E-state index contributed by atoms with van der Waals surface area (Å²) in [6.07, 6.45) is 3.46. The van der Waals surface area contributed by atoms with Gasteiger partial charge in [0.15, 0.2) is 0 Å². The Balaban J connectivity index is 2.10. The van der Waals surface area contributed by atoms with Crippen molar-refractivity contribution < 1.29 is 8.78 Å². The highest BCUT2D eigenvalue weighted by Gasteiger charge is 2.27. The van der Waals surface area contributed by atoms with Gasteiger partial charge in [-0.1, -0.05) is 13.3 Å². The average molecular weight is 282 g/mol. The number of nitrogens with one attached hydrogen (secondary N) is 1. The van der Waals surface area contributed by atoms with E-state index in [4.69, 9.17) is 0 Å². The van der Waals surface area contributed by atoms with Crippen LogP contribution in [0.25, 0.3) is 0 Å². The van der Waals surface area contributed by atoms with Crippen LogP contribution in [0.2, 0.25) is 0 Å². The molecule has 20 heavy (non-hydrogen) atoms. The van der Waals surface area contributed by atoms with E-state index in [-0.39, 0.29) is 11.6 Å². The number of halogens is 2. The zero-order valence-corrected chi connectivity index (χ0v) is 12.3. The molecule has 0 spiro atoms. The normalized spacial score (nSPS) is 21.9. The summed E-state index contributed by atoms with van der Waals surface area (Å²) in [4.78, 5) is 2.29. The molecule has 0 radical (unpaired) electrons. The fraction of sp³-hybridized carbons (Fsp3) is 0.625. The van der Waals surface area contributed by atoms with E-state index in [9.17, 15) is 8.78 Å². The third kappa shape index (κ3) is 3.76. The Bertz CT molecular complexity index is 436. The van der Waals surface area contributed by atoms with Crippen molar-refractivity contribution in [2.45, 2.75) is 51.7 Å². The van der Waals surface area contributed by atoms with Crippen molar-refractivity contribution in [3.05, 3.63) is 35.4 Å². The van der Waals surface area contributed by atoms with Crippen LogP contribution in [0.15, 0.2) is 18.2 Å². The Hall–Kier alpha value is -1.00. The van der Waals surface area contributed by atoms with Crippen LogP contribution in [0, 0.1) is 11.6 Å². The molecule has 0 bridgehead atoms. The summed E-state index contributed by atoms with van der Waals surface area (Å²) in [5, 5.41) is 3.45. The number of hydrogen-bond acceptors (Lipinski definition) is 2. The van der Waals surface area contributed by atoms with Gasteiger partial charge in [-0.2, -0.15) is 0 Å². The van der Waals surface area contributed by atoms with Crippen molar-refractivity contribution in [1.82, 2.24) is 10.2 Å². The van der Waals surface area contributed by atoms with E-state index in [1.807, 2.05) is 0 Å². The summed E-state index contributed by atoms with van der Waals surface area (Å²) in [6.45, 7) is 6.64. The second-order valence-electron chi connectivity index (χ2n) is 5.62. The Labute approximate surface area is 120 Å². The van der Waals surface area contributed by atoms with Gasteiger partial charge in [-0.25, -0.2) is 8.78 Å². The topological polar surface area (TPSA) is 15.3 Å². The Kier molecular flexibility index (Phi) is 5.49. The molecule has 1 N–H and O–H groups in total. The Morgan fingerprint density at radius 2 is 2.15 bits per heavy atom. The highest BCUT2D eigenvalue weighted by atomic mass is 19.1. The highest BCUT2D eigenvalue weighted by Crippen LogP contribution is 2.23. The van der Waals surface area contributed by atoms with Crippen LogP contribution in [-0.4, -0.2) is 30.1 Å². The van der Waals surface area contributed by atoms with Gasteiger partial charge in [0.2, 0.25) is 0 Å². The van der Waals surface area contributed by atoms with Gasteiger partial charge >= 0.3 is 0 Å². The van der Waals surface area contributed by atoms with E-state index in [0.717, 1.165) is 25.9 Å². The molecule has 1 aromatic rings. The maximum Gasteiger partial charge on any atom is 0.127 e. The second kappa shape index (κ2) is 7.14. The van der Waals surface area contributed by atoms with Gasteiger partial charge in [0.25, 0.3) is 0 Å². The summed E-state index contributed by atoms with van der Waals surface area (Å²) < 4.78 is 27.1. The van der Waals surface area contributed by atoms with E-state index < -0.39 is 0 Å². The van der Waals surface area contributed by atoms with Gasteiger partial charge in [0, 0.05) is 24.2 Å². The predicted octanol–water partition coefficient (Wildman–Crippen LogP) is 3.32. The standard InChI is InChI=1S/C16H24F2N2/c1-3-19-12(2)16-6-4-5-9-20(16)11-13-10-14(17)7-8-15(13)18/h7-8,10,12,16,19H,3-6,9,11H2,1-2H3. The molecule has 1 saturated heterocycles. The monoisotopic (exact) mass is 282 g/mol. The molecule has 2 rings (SSSR count). The van der Waals surface area contributed by atoms with Gasteiger partial charge in [0.1, 0.15) is 11.6 Å². The molecule has 2 nitrogen and oxygen atoms in total. The van der Waals surface area contributed by atoms with E-state index >= 15 is 0 Å². The van der Waals surface area contributed by atoms with Gasteiger partial charge in [0.05, 0.1) is 0 Å². The van der Waals surface area contributed by atoms with E-state index in [1.165, 1.54) is 24.6 Å². The van der Waals surface area contributed by atoms with Crippen LogP contribution in [0.4, 0.5) is 8.78 Å². The smallest absolute Gasteiger partial charge is 0.127 e. The number of likely N-dealkylation sites (tertiary alicyclic amines) is 1. The fourth-order valence-corrected chi connectivity index (χ4v) is 3.12. The maximum atomic E-state index is 13.8. The minimum absolute atomic E-state index is 0.313. The Morgan fingerprint density at radius 1 is 1.35 bits per heavy atom.